The lowest BCUT2D eigenvalue weighted by atomic mass is 10.3. The number of nitrogens with one attached hydrogen (secondary N) is 1. The van der Waals surface area contributed by atoms with Crippen LogP contribution in [-0.4, -0.2) is 18.0 Å². The highest BCUT2D eigenvalue weighted by Crippen LogP contribution is 2.24. The molecule has 1 unspecified atom stereocenters. The molecule has 1 fully saturated rings. The Morgan fingerprint density at radius 2 is 1.75 bits per heavy atom. The Hall–Kier alpha value is -0.380. The van der Waals surface area contributed by atoms with Gasteiger partial charge >= 0.3 is 6.03 Å². The van der Waals surface area contributed by atoms with Crippen LogP contribution >= 0.6 is 45.2 Å². The van der Waals surface area contributed by atoms with Gasteiger partial charge in [0.2, 0.25) is 0 Å². The van der Waals surface area contributed by atoms with E-state index in [9.17, 15) is 9.59 Å². The first-order valence-electron chi connectivity index (χ1n) is 4.59. The van der Waals surface area contributed by atoms with Gasteiger partial charge in [-0.15, -0.1) is 0 Å². The van der Waals surface area contributed by atoms with Crippen LogP contribution in [-0.2, 0) is 4.79 Å². The van der Waals surface area contributed by atoms with E-state index in [2.05, 4.69) is 50.5 Å². The summed E-state index contributed by atoms with van der Waals surface area (Å²) in [5.41, 5.74) is 0.628. The summed E-state index contributed by atoms with van der Waals surface area (Å²) in [5, 5.41) is 2.59. The Labute approximate surface area is 120 Å². The van der Waals surface area contributed by atoms with Gasteiger partial charge in [0, 0.05) is 7.14 Å². The number of carbonyl (C=O) groups excluding carboxylic acids is 2. The fourth-order valence-electron chi connectivity index (χ4n) is 1.52. The smallest absolute Gasteiger partial charge is 0.326 e. The van der Waals surface area contributed by atoms with E-state index in [1.807, 2.05) is 18.2 Å². The van der Waals surface area contributed by atoms with Crippen LogP contribution in [0, 0.1) is 7.14 Å². The van der Waals surface area contributed by atoms with Crippen molar-refractivity contribution in [2.75, 3.05) is 4.90 Å². The minimum atomic E-state index is -0.442. The molecule has 1 saturated heterocycles. The van der Waals surface area contributed by atoms with Gasteiger partial charge in [-0.1, -0.05) is 0 Å². The molecule has 0 aromatic heterocycles. The summed E-state index contributed by atoms with van der Waals surface area (Å²) in [6.45, 7) is 1.68. The third kappa shape index (κ3) is 2.17. The molecule has 1 atom stereocenters. The van der Waals surface area contributed by atoms with Crippen molar-refractivity contribution >= 4 is 62.8 Å². The standard InChI is InChI=1S/C10H8I2N2O2/c1-5-9(15)14(10(16)13-5)8-3-6(11)2-7(12)4-8/h2-5H,1H3,(H,13,16). The van der Waals surface area contributed by atoms with E-state index in [0.717, 1.165) is 7.14 Å². The molecule has 0 radical (unpaired) electrons. The first-order valence-corrected chi connectivity index (χ1v) is 6.75. The third-order valence-electron chi connectivity index (χ3n) is 2.24. The van der Waals surface area contributed by atoms with Crippen molar-refractivity contribution in [1.29, 1.82) is 0 Å². The van der Waals surface area contributed by atoms with Gasteiger partial charge in [-0.2, -0.15) is 0 Å². The van der Waals surface area contributed by atoms with E-state index in [-0.39, 0.29) is 11.9 Å². The van der Waals surface area contributed by atoms with Crippen molar-refractivity contribution < 1.29 is 9.59 Å². The normalized spacial score (nSPS) is 20.2. The lowest BCUT2D eigenvalue weighted by molar-refractivity contribution is -0.117. The highest BCUT2D eigenvalue weighted by Gasteiger charge is 2.36. The van der Waals surface area contributed by atoms with Crippen LogP contribution in [0.5, 0.6) is 0 Å². The Morgan fingerprint density at radius 1 is 1.19 bits per heavy atom. The fraction of sp³-hybridized carbons (Fsp3) is 0.200. The van der Waals surface area contributed by atoms with E-state index in [1.165, 1.54) is 4.90 Å². The molecule has 16 heavy (non-hydrogen) atoms. The number of rotatable bonds is 1. The summed E-state index contributed by atoms with van der Waals surface area (Å²) in [5.74, 6) is -0.206. The Bertz CT molecular complexity index is 456. The van der Waals surface area contributed by atoms with Gasteiger partial charge in [0.1, 0.15) is 6.04 Å². The molecule has 0 spiro atoms. The van der Waals surface area contributed by atoms with Crippen molar-refractivity contribution in [2.45, 2.75) is 13.0 Å². The number of hydrogen-bond acceptors (Lipinski definition) is 2. The van der Waals surface area contributed by atoms with Crippen LogP contribution in [0.2, 0.25) is 0 Å². The van der Waals surface area contributed by atoms with Gasteiger partial charge in [0.15, 0.2) is 0 Å². The number of anilines is 1. The molecular weight excluding hydrogens is 434 g/mol. The minimum absolute atomic E-state index is 0.206. The summed E-state index contributed by atoms with van der Waals surface area (Å²) in [6, 6.07) is 4.82. The van der Waals surface area contributed by atoms with Gasteiger partial charge in [-0.05, 0) is 70.3 Å². The van der Waals surface area contributed by atoms with E-state index in [4.69, 9.17) is 0 Å². The van der Waals surface area contributed by atoms with Crippen LogP contribution in [0.4, 0.5) is 10.5 Å². The Morgan fingerprint density at radius 3 is 2.19 bits per heavy atom. The zero-order chi connectivity index (χ0) is 11.9. The minimum Gasteiger partial charge on any atom is -0.326 e. The summed E-state index contributed by atoms with van der Waals surface area (Å²) in [4.78, 5) is 24.6. The number of imide groups is 1. The molecular formula is C10H8I2N2O2. The summed E-state index contributed by atoms with van der Waals surface area (Å²) < 4.78 is 2.00. The largest absolute Gasteiger partial charge is 0.329 e. The summed E-state index contributed by atoms with van der Waals surface area (Å²) in [6.07, 6.45) is 0. The van der Waals surface area contributed by atoms with Gasteiger partial charge in [0.05, 0.1) is 5.69 Å². The van der Waals surface area contributed by atoms with Crippen molar-refractivity contribution in [2.24, 2.45) is 0 Å². The zero-order valence-electron chi connectivity index (χ0n) is 8.33. The number of amides is 3. The molecule has 1 aliphatic heterocycles. The van der Waals surface area contributed by atoms with Crippen LogP contribution in [0.15, 0.2) is 18.2 Å². The van der Waals surface area contributed by atoms with Crippen LogP contribution in [0.3, 0.4) is 0 Å². The molecule has 1 N–H and O–H groups in total. The van der Waals surface area contributed by atoms with Gasteiger partial charge < -0.3 is 5.32 Å². The van der Waals surface area contributed by atoms with Crippen molar-refractivity contribution in [3.8, 4) is 0 Å². The highest BCUT2D eigenvalue weighted by atomic mass is 127. The molecule has 3 amide bonds. The molecule has 84 valence electrons. The molecule has 0 bridgehead atoms. The SMILES string of the molecule is CC1NC(=O)N(c2cc(I)cc(I)c2)C1=O. The number of urea groups is 1. The number of halogens is 2. The van der Waals surface area contributed by atoms with Crippen LogP contribution in [0.25, 0.3) is 0 Å². The van der Waals surface area contributed by atoms with E-state index in [0.29, 0.717) is 5.69 Å². The Kier molecular flexibility index (Phi) is 3.38. The molecule has 4 nitrogen and oxygen atoms in total. The fourth-order valence-corrected chi connectivity index (χ4v) is 3.42. The second kappa shape index (κ2) is 4.47. The maximum atomic E-state index is 11.8. The monoisotopic (exact) mass is 442 g/mol. The molecule has 1 aliphatic rings. The summed E-state index contributed by atoms with van der Waals surface area (Å²) >= 11 is 4.32. The first-order chi connectivity index (χ1) is 7.49. The number of carbonyl (C=O) groups is 2. The molecule has 1 aromatic rings. The quantitative estimate of drug-likeness (QED) is 0.537. The Balaban J connectivity index is 2.44. The number of hydrogen-bond donors (Lipinski definition) is 1. The van der Waals surface area contributed by atoms with Crippen molar-refractivity contribution in [3.05, 3.63) is 25.3 Å². The van der Waals surface area contributed by atoms with Crippen LogP contribution < -0.4 is 10.2 Å². The van der Waals surface area contributed by atoms with Crippen LogP contribution in [0.1, 0.15) is 6.92 Å². The van der Waals surface area contributed by atoms with E-state index >= 15 is 0 Å². The maximum absolute atomic E-state index is 11.8. The lowest BCUT2D eigenvalue weighted by Crippen LogP contribution is -2.31. The topological polar surface area (TPSA) is 49.4 Å². The highest BCUT2D eigenvalue weighted by molar-refractivity contribution is 14.1. The molecule has 0 aliphatic carbocycles. The lowest BCUT2D eigenvalue weighted by Gasteiger charge is -2.13. The maximum Gasteiger partial charge on any atom is 0.329 e. The van der Waals surface area contributed by atoms with Crippen molar-refractivity contribution in [1.82, 2.24) is 5.32 Å². The van der Waals surface area contributed by atoms with E-state index < -0.39 is 6.04 Å². The van der Waals surface area contributed by atoms with Gasteiger partial charge in [0.25, 0.3) is 5.91 Å². The molecule has 2 rings (SSSR count). The van der Waals surface area contributed by atoms with E-state index in [1.54, 1.807) is 6.92 Å². The predicted molar refractivity (Wildman–Crippen MR) is 77.4 cm³/mol. The molecule has 1 heterocycles. The second-order valence-corrected chi connectivity index (χ2v) is 5.96. The van der Waals surface area contributed by atoms with Gasteiger partial charge in [-0.3, -0.25) is 4.79 Å². The predicted octanol–water partition coefficient (Wildman–Crippen LogP) is 2.34. The summed E-state index contributed by atoms with van der Waals surface area (Å²) in [7, 11) is 0. The average Bonchev–Trinajstić information content (AvgIpc) is 2.39. The second-order valence-electron chi connectivity index (χ2n) is 3.47. The molecule has 0 saturated carbocycles. The first kappa shape index (κ1) is 12.1. The number of benzene rings is 1. The molecule has 1 aromatic carbocycles. The third-order valence-corrected chi connectivity index (χ3v) is 3.49. The number of nitrogens with zero attached hydrogens (tertiary/aromatic N) is 1. The average molecular weight is 442 g/mol. The van der Waals surface area contributed by atoms with Gasteiger partial charge in [-0.25, -0.2) is 9.69 Å². The molecule has 6 heteroatoms. The zero-order valence-corrected chi connectivity index (χ0v) is 12.6. The van der Waals surface area contributed by atoms with Crippen molar-refractivity contribution in [3.63, 3.8) is 0 Å².